The van der Waals surface area contributed by atoms with E-state index >= 15 is 0 Å². The monoisotopic (exact) mass is 268 g/mol. The Morgan fingerprint density at radius 2 is 1.95 bits per heavy atom. The van der Waals surface area contributed by atoms with Gasteiger partial charge in [0.25, 0.3) is 0 Å². The highest BCUT2D eigenvalue weighted by atomic mass is 16.3. The maximum absolute atomic E-state index is 9.24. The van der Waals surface area contributed by atoms with E-state index in [1.165, 1.54) is 45.2 Å². The summed E-state index contributed by atoms with van der Waals surface area (Å²) in [7, 11) is 0. The SMILES string of the molecule is CC(C)CNC1CC(CCO)CN(C2CCCC2)C1. The van der Waals surface area contributed by atoms with Crippen molar-refractivity contribution in [3.05, 3.63) is 0 Å². The zero-order valence-corrected chi connectivity index (χ0v) is 12.8. The number of hydrogen-bond acceptors (Lipinski definition) is 3. The van der Waals surface area contributed by atoms with Gasteiger partial charge in [-0.3, -0.25) is 4.90 Å². The predicted octanol–water partition coefficient (Wildman–Crippen LogP) is 2.25. The number of hydrogen-bond donors (Lipinski definition) is 2. The molecule has 0 aromatic heterocycles. The van der Waals surface area contributed by atoms with Crippen molar-refractivity contribution >= 4 is 0 Å². The van der Waals surface area contributed by atoms with Gasteiger partial charge in [-0.2, -0.15) is 0 Å². The van der Waals surface area contributed by atoms with Crippen LogP contribution in [-0.4, -0.2) is 48.3 Å². The van der Waals surface area contributed by atoms with E-state index in [2.05, 4.69) is 24.1 Å². The molecule has 0 spiro atoms. The van der Waals surface area contributed by atoms with Crippen molar-refractivity contribution in [2.24, 2.45) is 11.8 Å². The summed E-state index contributed by atoms with van der Waals surface area (Å²) in [5.74, 6) is 1.40. The molecule has 0 amide bonds. The lowest BCUT2D eigenvalue weighted by Crippen LogP contribution is -2.52. The summed E-state index contributed by atoms with van der Waals surface area (Å²) in [6.07, 6.45) is 7.83. The van der Waals surface area contributed by atoms with E-state index in [-0.39, 0.29) is 0 Å². The second kappa shape index (κ2) is 7.61. The van der Waals surface area contributed by atoms with Crippen LogP contribution >= 0.6 is 0 Å². The Morgan fingerprint density at radius 3 is 2.58 bits per heavy atom. The molecule has 2 rings (SSSR count). The van der Waals surface area contributed by atoms with Crippen LogP contribution in [0.2, 0.25) is 0 Å². The van der Waals surface area contributed by atoms with E-state index in [9.17, 15) is 5.11 Å². The van der Waals surface area contributed by atoms with Crippen LogP contribution in [0.15, 0.2) is 0 Å². The van der Waals surface area contributed by atoms with Gasteiger partial charge in [-0.1, -0.05) is 26.7 Å². The van der Waals surface area contributed by atoms with Crippen LogP contribution in [-0.2, 0) is 0 Å². The van der Waals surface area contributed by atoms with Gasteiger partial charge in [0.05, 0.1) is 0 Å². The zero-order valence-electron chi connectivity index (χ0n) is 12.8. The molecule has 1 saturated carbocycles. The Morgan fingerprint density at radius 1 is 1.21 bits per heavy atom. The molecule has 1 heterocycles. The van der Waals surface area contributed by atoms with Gasteiger partial charge in [0.1, 0.15) is 0 Å². The zero-order chi connectivity index (χ0) is 13.7. The molecule has 2 fully saturated rings. The van der Waals surface area contributed by atoms with Crippen molar-refractivity contribution in [3.63, 3.8) is 0 Å². The minimum Gasteiger partial charge on any atom is -0.396 e. The molecule has 19 heavy (non-hydrogen) atoms. The lowest BCUT2D eigenvalue weighted by Gasteiger charge is -2.41. The second-order valence-electron chi connectivity index (χ2n) is 7.01. The summed E-state index contributed by atoms with van der Waals surface area (Å²) >= 11 is 0. The first-order valence-corrected chi connectivity index (χ1v) is 8.27. The van der Waals surface area contributed by atoms with Gasteiger partial charge in [-0.25, -0.2) is 0 Å². The lowest BCUT2D eigenvalue weighted by molar-refractivity contribution is 0.0853. The van der Waals surface area contributed by atoms with Crippen LogP contribution in [0.3, 0.4) is 0 Å². The molecule has 1 saturated heterocycles. The fraction of sp³-hybridized carbons (Fsp3) is 1.00. The van der Waals surface area contributed by atoms with Gasteiger partial charge >= 0.3 is 0 Å². The van der Waals surface area contributed by atoms with Gasteiger partial charge in [0.2, 0.25) is 0 Å². The predicted molar refractivity (Wildman–Crippen MR) is 80.3 cm³/mol. The highest BCUT2D eigenvalue weighted by Crippen LogP contribution is 2.29. The Hall–Kier alpha value is -0.120. The molecule has 2 unspecified atom stereocenters. The Balaban J connectivity index is 1.87. The van der Waals surface area contributed by atoms with Crippen molar-refractivity contribution < 1.29 is 5.11 Å². The highest BCUT2D eigenvalue weighted by molar-refractivity contribution is 4.88. The van der Waals surface area contributed by atoms with Gasteiger partial charge < -0.3 is 10.4 Å². The second-order valence-corrected chi connectivity index (χ2v) is 7.01. The van der Waals surface area contributed by atoms with Gasteiger partial charge in [0.15, 0.2) is 0 Å². The minimum atomic E-state index is 0.347. The third kappa shape index (κ3) is 4.73. The standard InChI is InChI=1S/C16H32N2O/c1-13(2)10-17-15-9-14(7-8-19)11-18(12-15)16-5-3-4-6-16/h13-17,19H,3-12H2,1-2H3. The number of aliphatic hydroxyl groups is 1. The van der Waals surface area contributed by atoms with Gasteiger partial charge in [0, 0.05) is 31.8 Å². The van der Waals surface area contributed by atoms with Crippen LogP contribution < -0.4 is 5.32 Å². The third-order valence-corrected chi connectivity index (χ3v) is 4.76. The van der Waals surface area contributed by atoms with E-state index in [0.29, 0.717) is 18.6 Å². The van der Waals surface area contributed by atoms with Crippen molar-refractivity contribution in [1.29, 1.82) is 0 Å². The van der Waals surface area contributed by atoms with Crippen molar-refractivity contribution in [2.75, 3.05) is 26.2 Å². The third-order valence-electron chi connectivity index (χ3n) is 4.76. The minimum absolute atomic E-state index is 0.347. The molecular formula is C16H32N2O. The summed E-state index contributed by atoms with van der Waals surface area (Å²) in [5.41, 5.74) is 0. The Kier molecular flexibility index (Phi) is 6.11. The van der Waals surface area contributed by atoms with Crippen molar-refractivity contribution in [3.8, 4) is 0 Å². The molecule has 0 bridgehead atoms. The van der Waals surface area contributed by atoms with E-state index in [1.54, 1.807) is 0 Å². The van der Waals surface area contributed by atoms with E-state index in [1.807, 2.05) is 0 Å². The highest BCUT2D eigenvalue weighted by Gasteiger charge is 2.32. The molecule has 2 N–H and O–H groups in total. The average molecular weight is 268 g/mol. The van der Waals surface area contributed by atoms with Crippen LogP contribution in [0.5, 0.6) is 0 Å². The van der Waals surface area contributed by atoms with E-state index < -0.39 is 0 Å². The summed E-state index contributed by atoms with van der Waals surface area (Å²) in [6, 6.07) is 1.46. The van der Waals surface area contributed by atoms with Crippen molar-refractivity contribution in [2.45, 2.75) is 64.5 Å². The Labute approximate surface area is 118 Å². The lowest BCUT2D eigenvalue weighted by atomic mass is 9.90. The van der Waals surface area contributed by atoms with Crippen LogP contribution in [0.1, 0.15) is 52.4 Å². The number of likely N-dealkylation sites (tertiary alicyclic amines) is 1. The van der Waals surface area contributed by atoms with Gasteiger partial charge in [-0.15, -0.1) is 0 Å². The topological polar surface area (TPSA) is 35.5 Å². The fourth-order valence-electron chi connectivity index (χ4n) is 3.75. The number of piperidine rings is 1. The molecular weight excluding hydrogens is 236 g/mol. The number of rotatable bonds is 6. The van der Waals surface area contributed by atoms with E-state index in [4.69, 9.17) is 0 Å². The van der Waals surface area contributed by atoms with Crippen LogP contribution in [0, 0.1) is 11.8 Å². The quantitative estimate of drug-likeness (QED) is 0.775. The fourth-order valence-corrected chi connectivity index (χ4v) is 3.75. The largest absolute Gasteiger partial charge is 0.396 e. The molecule has 0 radical (unpaired) electrons. The maximum atomic E-state index is 9.24. The van der Waals surface area contributed by atoms with Crippen LogP contribution in [0.25, 0.3) is 0 Å². The number of nitrogens with one attached hydrogen (secondary N) is 1. The summed E-state index contributed by atoms with van der Waals surface area (Å²) in [4.78, 5) is 2.72. The average Bonchev–Trinajstić information content (AvgIpc) is 2.90. The van der Waals surface area contributed by atoms with E-state index in [0.717, 1.165) is 24.9 Å². The molecule has 1 aliphatic carbocycles. The summed E-state index contributed by atoms with van der Waals surface area (Å²) in [5, 5.41) is 13.0. The first-order chi connectivity index (χ1) is 9.19. The first-order valence-electron chi connectivity index (χ1n) is 8.27. The smallest absolute Gasteiger partial charge is 0.0434 e. The van der Waals surface area contributed by atoms with Gasteiger partial charge in [-0.05, 0) is 44.1 Å². The Bertz CT molecular complexity index is 251. The molecule has 112 valence electrons. The summed E-state index contributed by atoms with van der Waals surface area (Å²) in [6.45, 7) is 8.45. The molecule has 2 atom stereocenters. The molecule has 3 nitrogen and oxygen atoms in total. The number of nitrogens with zero attached hydrogens (tertiary/aromatic N) is 1. The van der Waals surface area contributed by atoms with Crippen LogP contribution in [0.4, 0.5) is 0 Å². The molecule has 1 aliphatic heterocycles. The maximum Gasteiger partial charge on any atom is 0.0434 e. The molecule has 3 heteroatoms. The number of aliphatic hydroxyl groups excluding tert-OH is 1. The summed E-state index contributed by atoms with van der Waals surface area (Å²) < 4.78 is 0. The molecule has 0 aromatic rings. The first kappa shape index (κ1) is 15.3. The molecule has 2 aliphatic rings. The van der Waals surface area contributed by atoms with Crippen molar-refractivity contribution in [1.82, 2.24) is 10.2 Å². The normalized spacial score (nSPS) is 30.3. The molecule has 0 aromatic carbocycles.